The fraction of sp³-hybridized carbons (Fsp3) is 0.381. The Balaban J connectivity index is 1.45. The Labute approximate surface area is 170 Å². The van der Waals surface area contributed by atoms with Crippen LogP contribution in [0.4, 0.5) is 0 Å². The topological polar surface area (TPSA) is 41.6 Å². The molecule has 1 heterocycles. The molecule has 0 spiro atoms. The maximum atomic E-state index is 12.2. The number of thioether (sulfide) groups is 1. The highest BCUT2D eigenvalue weighted by molar-refractivity contribution is 7.99. The van der Waals surface area contributed by atoms with Crippen LogP contribution in [0.1, 0.15) is 17.5 Å². The van der Waals surface area contributed by atoms with E-state index >= 15 is 0 Å². The van der Waals surface area contributed by atoms with Gasteiger partial charge < -0.3 is 10.1 Å². The Bertz CT molecular complexity index is 750. The van der Waals surface area contributed by atoms with Crippen molar-refractivity contribution in [1.82, 2.24) is 10.2 Å². The maximum absolute atomic E-state index is 12.2. The predicted molar refractivity (Wildman–Crippen MR) is 111 cm³/mol. The van der Waals surface area contributed by atoms with Crippen molar-refractivity contribution in [1.29, 1.82) is 0 Å². The molecule has 1 amide bonds. The number of ether oxygens (including phenoxy) is 1. The Morgan fingerprint density at radius 1 is 1.07 bits per heavy atom. The zero-order valence-electron chi connectivity index (χ0n) is 15.3. The average Bonchev–Trinajstić information content (AvgIpc) is 2.70. The molecule has 4 nitrogen and oxygen atoms in total. The molecule has 0 unspecified atom stereocenters. The van der Waals surface area contributed by atoms with Crippen LogP contribution < -0.4 is 5.32 Å². The first-order valence-corrected chi connectivity index (χ1v) is 10.6. The van der Waals surface area contributed by atoms with Crippen LogP contribution >= 0.6 is 23.4 Å². The van der Waals surface area contributed by atoms with E-state index in [0.717, 1.165) is 42.8 Å². The third kappa shape index (κ3) is 6.54. The van der Waals surface area contributed by atoms with E-state index in [9.17, 15) is 4.79 Å². The highest BCUT2D eigenvalue weighted by Crippen LogP contribution is 2.26. The van der Waals surface area contributed by atoms with Crippen molar-refractivity contribution in [3.8, 4) is 0 Å². The molecule has 0 saturated carbocycles. The Morgan fingerprint density at radius 2 is 1.78 bits per heavy atom. The van der Waals surface area contributed by atoms with Crippen molar-refractivity contribution in [2.75, 3.05) is 32.1 Å². The Morgan fingerprint density at radius 3 is 2.56 bits per heavy atom. The normalized spacial score (nSPS) is 14.9. The van der Waals surface area contributed by atoms with Crippen LogP contribution in [0.2, 0.25) is 5.02 Å². The van der Waals surface area contributed by atoms with Crippen molar-refractivity contribution in [2.24, 2.45) is 0 Å². The predicted octanol–water partition coefficient (Wildman–Crippen LogP) is 3.97. The molecule has 1 fully saturated rings. The lowest BCUT2D eigenvalue weighted by atomic mass is 10.1. The third-order valence-corrected chi connectivity index (χ3v) is 6.03. The van der Waals surface area contributed by atoms with Gasteiger partial charge in [-0.3, -0.25) is 9.69 Å². The van der Waals surface area contributed by atoms with Gasteiger partial charge in [-0.15, -0.1) is 11.8 Å². The third-order valence-electron chi connectivity index (χ3n) is 4.52. The van der Waals surface area contributed by atoms with Crippen molar-refractivity contribution >= 4 is 29.3 Å². The lowest BCUT2D eigenvalue weighted by Crippen LogP contribution is -2.36. The van der Waals surface area contributed by atoms with Crippen molar-refractivity contribution < 1.29 is 9.53 Å². The minimum Gasteiger partial charge on any atom is -0.379 e. The monoisotopic (exact) mass is 404 g/mol. The number of carbonyl (C=O) groups excluding carboxylic acids is 1. The fourth-order valence-corrected chi connectivity index (χ4v) is 4.17. The molecule has 1 aliphatic heterocycles. The van der Waals surface area contributed by atoms with E-state index in [1.54, 1.807) is 11.8 Å². The number of morpholine rings is 1. The van der Waals surface area contributed by atoms with Crippen molar-refractivity contribution in [2.45, 2.75) is 24.4 Å². The van der Waals surface area contributed by atoms with Crippen LogP contribution in [-0.4, -0.2) is 42.9 Å². The summed E-state index contributed by atoms with van der Waals surface area (Å²) < 4.78 is 5.41. The molecule has 0 bridgehead atoms. The van der Waals surface area contributed by atoms with Gasteiger partial charge in [-0.1, -0.05) is 48.0 Å². The van der Waals surface area contributed by atoms with Crippen molar-refractivity contribution in [3.05, 3.63) is 64.7 Å². The number of nitrogens with zero attached hydrogens (tertiary/aromatic N) is 1. The molecule has 0 aromatic heterocycles. The van der Waals surface area contributed by atoms with E-state index in [4.69, 9.17) is 16.3 Å². The summed E-state index contributed by atoms with van der Waals surface area (Å²) in [5.74, 6) is 0.779. The van der Waals surface area contributed by atoms with Gasteiger partial charge in [-0.2, -0.15) is 0 Å². The first-order valence-electron chi connectivity index (χ1n) is 9.23. The average molecular weight is 405 g/mol. The highest BCUT2D eigenvalue weighted by atomic mass is 35.5. The standard InChI is InChI=1S/C21H25ClN2O2S/c22-19-7-3-4-8-20(19)27-14-9-21(25)23-15-17-5-1-2-6-18(17)16-24-10-12-26-13-11-24/h1-8H,9-16H2,(H,23,25). The van der Waals surface area contributed by atoms with E-state index in [1.807, 2.05) is 30.3 Å². The number of rotatable bonds is 8. The molecule has 0 atom stereocenters. The van der Waals surface area contributed by atoms with Gasteiger partial charge in [0, 0.05) is 43.2 Å². The van der Waals surface area contributed by atoms with Crippen LogP contribution in [-0.2, 0) is 22.6 Å². The molecule has 0 aliphatic carbocycles. The minimum absolute atomic E-state index is 0.0655. The van der Waals surface area contributed by atoms with Crippen LogP contribution in [0.3, 0.4) is 0 Å². The number of carbonyl (C=O) groups is 1. The summed E-state index contributed by atoms with van der Waals surface area (Å²) in [6, 6.07) is 16.0. The maximum Gasteiger partial charge on any atom is 0.221 e. The largest absolute Gasteiger partial charge is 0.379 e. The summed E-state index contributed by atoms with van der Waals surface area (Å²) in [6.45, 7) is 4.97. The number of amides is 1. The van der Waals surface area contributed by atoms with Gasteiger partial charge in [0.15, 0.2) is 0 Å². The lowest BCUT2D eigenvalue weighted by Gasteiger charge is -2.27. The van der Waals surface area contributed by atoms with Gasteiger partial charge in [0.25, 0.3) is 0 Å². The fourth-order valence-electron chi connectivity index (χ4n) is 2.98. The number of hydrogen-bond acceptors (Lipinski definition) is 4. The number of halogens is 1. The molecule has 27 heavy (non-hydrogen) atoms. The number of hydrogen-bond donors (Lipinski definition) is 1. The molecule has 0 radical (unpaired) electrons. The summed E-state index contributed by atoms with van der Waals surface area (Å²) in [6.07, 6.45) is 0.474. The van der Waals surface area contributed by atoms with E-state index in [-0.39, 0.29) is 5.91 Å². The first kappa shape index (κ1) is 20.2. The van der Waals surface area contributed by atoms with Gasteiger partial charge in [0.2, 0.25) is 5.91 Å². The lowest BCUT2D eigenvalue weighted by molar-refractivity contribution is -0.120. The molecule has 3 rings (SSSR count). The van der Waals surface area contributed by atoms with E-state index in [2.05, 4.69) is 28.4 Å². The molecule has 2 aromatic rings. The summed E-state index contributed by atoms with van der Waals surface area (Å²) >= 11 is 7.76. The second-order valence-electron chi connectivity index (χ2n) is 6.46. The summed E-state index contributed by atoms with van der Waals surface area (Å²) in [5.41, 5.74) is 2.45. The Hall–Kier alpha value is -1.53. The summed E-state index contributed by atoms with van der Waals surface area (Å²) in [4.78, 5) is 15.6. The van der Waals surface area contributed by atoms with Gasteiger partial charge in [-0.25, -0.2) is 0 Å². The van der Waals surface area contributed by atoms with Gasteiger partial charge in [0.1, 0.15) is 0 Å². The first-order chi connectivity index (χ1) is 13.2. The van der Waals surface area contributed by atoms with Crippen LogP contribution in [0.15, 0.2) is 53.4 Å². The Kier molecular flexibility index (Phi) is 8.02. The SMILES string of the molecule is O=C(CCSc1ccccc1Cl)NCc1ccccc1CN1CCOCC1. The molecule has 1 saturated heterocycles. The highest BCUT2D eigenvalue weighted by Gasteiger charge is 2.13. The number of benzene rings is 2. The second-order valence-corrected chi connectivity index (χ2v) is 8.01. The zero-order valence-corrected chi connectivity index (χ0v) is 16.9. The van der Waals surface area contributed by atoms with E-state index in [1.165, 1.54) is 11.1 Å². The summed E-state index contributed by atoms with van der Waals surface area (Å²) in [7, 11) is 0. The van der Waals surface area contributed by atoms with Crippen molar-refractivity contribution in [3.63, 3.8) is 0 Å². The van der Waals surface area contributed by atoms with Gasteiger partial charge in [-0.05, 0) is 23.3 Å². The quantitative estimate of drug-likeness (QED) is 0.676. The molecular weight excluding hydrogens is 380 g/mol. The van der Waals surface area contributed by atoms with Gasteiger partial charge in [0.05, 0.1) is 18.2 Å². The molecule has 1 N–H and O–H groups in total. The number of nitrogens with one attached hydrogen (secondary N) is 1. The zero-order chi connectivity index (χ0) is 18.9. The molecule has 1 aliphatic rings. The molecule has 2 aromatic carbocycles. The second kappa shape index (κ2) is 10.7. The minimum atomic E-state index is 0.0655. The summed E-state index contributed by atoms with van der Waals surface area (Å²) in [5, 5.41) is 3.79. The molecule has 6 heteroatoms. The van der Waals surface area contributed by atoms with Gasteiger partial charge >= 0.3 is 0 Å². The van der Waals surface area contributed by atoms with E-state index < -0.39 is 0 Å². The van der Waals surface area contributed by atoms with E-state index in [0.29, 0.717) is 18.7 Å². The van der Waals surface area contributed by atoms with Crippen LogP contribution in [0.25, 0.3) is 0 Å². The van der Waals surface area contributed by atoms with Crippen LogP contribution in [0.5, 0.6) is 0 Å². The smallest absolute Gasteiger partial charge is 0.221 e. The molecule has 144 valence electrons. The van der Waals surface area contributed by atoms with Crippen LogP contribution in [0, 0.1) is 0 Å². The molecular formula is C21H25ClN2O2S.